The van der Waals surface area contributed by atoms with Crippen LogP contribution >= 0.6 is 11.3 Å². The minimum absolute atomic E-state index is 0.0614. The first-order chi connectivity index (χ1) is 9.20. The van der Waals surface area contributed by atoms with Crippen LogP contribution in [0.5, 0.6) is 0 Å². The van der Waals surface area contributed by atoms with Crippen molar-refractivity contribution in [2.75, 3.05) is 6.54 Å². The maximum Gasteiger partial charge on any atom is 0.323 e. The Morgan fingerprint density at radius 2 is 2.26 bits per heavy atom. The van der Waals surface area contributed by atoms with Crippen LogP contribution in [0.2, 0.25) is 0 Å². The van der Waals surface area contributed by atoms with Gasteiger partial charge in [-0.15, -0.1) is 11.3 Å². The van der Waals surface area contributed by atoms with Crippen LogP contribution in [0.1, 0.15) is 43.9 Å². The van der Waals surface area contributed by atoms with Gasteiger partial charge in [0.05, 0.1) is 0 Å². The minimum Gasteiger partial charge on any atom is -0.461 e. The number of nitrogens with one attached hydrogen (secondary N) is 1. The van der Waals surface area contributed by atoms with Crippen LogP contribution in [0.25, 0.3) is 0 Å². The van der Waals surface area contributed by atoms with Crippen LogP contribution in [0, 0.1) is 0 Å². The minimum atomic E-state index is -0.104. The van der Waals surface area contributed by atoms with Crippen molar-refractivity contribution in [3.05, 3.63) is 22.4 Å². The molecule has 3 rings (SSSR count). The van der Waals surface area contributed by atoms with Gasteiger partial charge in [0, 0.05) is 23.3 Å². The molecule has 104 valence electrons. The third kappa shape index (κ3) is 2.56. The third-order valence-corrected chi connectivity index (χ3v) is 5.58. The topological polar surface area (TPSA) is 38.3 Å². The predicted octanol–water partition coefficient (Wildman–Crippen LogP) is 2.85. The van der Waals surface area contributed by atoms with E-state index in [0.29, 0.717) is 0 Å². The molecular weight excluding hydrogens is 258 g/mol. The maximum atomic E-state index is 11.7. The molecule has 0 amide bonds. The lowest BCUT2D eigenvalue weighted by Crippen LogP contribution is -2.42. The second kappa shape index (κ2) is 5.25. The summed E-state index contributed by atoms with van der Waals surface area (Å²) in [7, 11) is 0. The second-order valence-electron chi connectivity index (χ2n) is 5.88. The lowest BCUT2D eigenvalue weighted by Gasteiger charge is -2.29. The second-order valence-corrected chi connectivity index (χ2v) is 6.83. The molecule has 0 bridgehead atoms. The molecule has 3 nitrogen and oxygen atoms in total. The van der Waals surface area contributed by atoms with Gasteiger partial charge in [0.1, 0.15) is 12.1 Å². The standard InChI is InChI=1S/C15H21NO2S/c1-11-9-12(14(17)18-11)16-10-15(6-2-3-7-15)13-5-4-8-19-13/h4-5,8,11-12,16H,2-3,6-7,9-10H2,1H3/t11-,12+/m1/s1. The van der Waals surface area contributed by atoms with Crippen LogP contribution in [0.4, 0.5) is 0 Å². The Morgan fingerprint density at radius 3 is 2.84 bits per heavy atom. The van der Waals surface area contributed by atoms with Gasteiger partial charge in [0.2, 0.25) is 0 Å². The zero-order valence-corrected chi connectivity index (χ0v) is 12.2. The van der Waals surface area contributed by atoms with E-state index in [1.807, 2.05) is 18.3 Å². The number of carbonyl (C=O) groups is 1. The van der Waals surface area contributed by atoms with Crippen LogP contribution in [-0.2, 0) is 14.9 Å². The summed E-state index contributed by atoms with van der Waals surface area (Å²) in [5, 5.41) is 5.62. The zero-order chi connectivity index (χ0) is 13.3. The molecule has 1 N–H and O–H groups in total. The smallest absolute Gasteiger partial charge is 0.323 e. The van der Waals surface area contributed by atoms with Gasteiger partial charge in [-0.2, -0.15) is 0 Å². The van der Waals surface area contributed by atoms with Crippen molar-refractivity contribution in [2.45, 2.75) is 56.6 Å². The summed E-state index contributed by atoms with van der Waals surface area (Å²) in [6, 6.07) is 4.27. The van der Waals surface area contributed by atoms with Crippen molar-refractivity contribution in [3.8, 4) is 0 Å². The van der Waals surface area contributed by atoms with Gasteiger partial charge in [-0.05, 0) is 31.2 Å². The Bertz CT molecular complexity index is 437. The summed E-state index contributed by atoms with van der Waals surface area (Å²) in [6.07, 6.45) is 5.93. The molecule has 2 fully saturated rings. The predicted molar refractivity (Wildman–Crippen MR) is 76.4 cm³/mol. The largest absolute Gasteiger partial charge is 0.461 e. The number of rotatable bonds is 4. The fraction of sp³-hybridized carbons (Fsp3) is 0.667. The highest BCUT2D eigenvalue weighted by molar-refractivity contribution is 7.10. The molecule has 0 unspecified atom stereocenters. The Kier molecular flexibility index (Phi) is 3.63. The summed E-state index contributed by atoms with van der Waals surface area (Å²) >= 11 is 1.85. The Morgan fingerprint density at radius 1 is 1.47 bits per heavy atom. The summed E-state index contributed by atoms with van der Waals surface area (Å²) in [5.74, 6) is -0.0770. The van der Waals surface area contributed by atoms with Crippen molar-refractivity contribution in [1.82, 2.24) is 5.32 Å². The quantitative estimate of drug-likeness (QED) is 0.861. The zero-order valence-electron chi connectivity index (χ0n) is 11.4. The van der Waals surface area contributed by atoms with E-state index in [1.54, 1.807) is 0 Å². The van der Waals surface area contributed by atoms with Crippen LogP contribution in [0.15, 0.2) is 17.5 Å². The van der Waals surface area contributed by atoms with E-state index < -0.39 is 0 Å². The molecule has 2 aliphatic rings. The van der Waals surface area contributed by atoms with Gasteiger partial charge in [-0.1, -0.05) is 18.9 Å². The van der Waals surface area contributed by atoms with E-state index in [-0.39, 0.29) is 23.5 Å². The lowest BCUT2D eigenvalue weighted by molar-refractivity contribution is -0.142. The highest BCUT2D eigenvalue weighted by Gasteiger charge is 2.39. The SMILES string of the molecule is C[C@@H]1C[C@H](NCC2(c3cccs3)CCCC2)C(=O)O1. The van der Waals surface area contributed by atoms with Crippen molar-refractivity contribution < 1.29 is 9.53 Å². The van der Waals surface area contributed by atoms with Gasteiger partial charge in [-0.3, -0.25) is 4.79 Å². The van der Waals surface area contributed by atoms with Crippen molar-refractivity contribution in [3.63, 3.8) is 0 Å². The summed E-state index contributed by atoms with van der Waals surface area (Å²) in [5.41, 5.74) is 0.250. The lowest BCUT2D eigenvalue weighted by atomic mass is 9.84. The molecule has 1 aromatic rings. The van der Waals surface area contributed by atoms with Crippen molar-refractivity contribution in [2.24, 2.45) is 0 Å². The monoisotopic (exact) mass is 279 g/mol. The van der Waals surface area contributed by atoms with Crippen LogP contribution in [0.3, 0.4) is 0 Å². The fourth-order valence-corrected chi connectivity index (χ4v) is 4.37. The molecule has 1 aliphatic heterocycles. The molecule has 0 radical (unpaired) electrons. The average Bonchev–Trinajstić information content (AvgIpc) is 3.07. The highest BCUT2D eigenvalue weighted by atomic mass is 32.1. The maximum absolute atomic E-state index is 11.7. The van der Waals surface area contributed by atoms with Gasteiger partial charge in [0.15, 0.2) is 0 Å². The molecule has 19 heavy (non-hydrogen) atoms. The molecule has 1 saturated heterocycles. The Hall–Kier alpha value is -0.870. The summed E-state index contributed by atoms with van der Waals surface area (Å²) < 4.78 is 5.21. The van der Waals surface area contributed by atoms with E-state index in [1.165, 1.54) is 30.6 Å². The molecule has 4 heteroatoms. The number of thiophene rings is 1. The van der Waals surface area contributed by atoms with E-state index >= 15 is 0 Å². The number of esters is 1. The average molecular weight is 279 g/mol. The van der Waals surface area contributed by atoms with Crippen LogP contribution in [-0.4, -0.2) is 24.7 Å². The Labute approximate surface area is 118 Å². The first-order valence-electron chi connectivity index (χ1n) is 7.17. The normalized spacial score (nSPS) is 29.6. The van der Waals surface area contributed by atoms with Crippen molar-refractivity contribution >= 4 is 17.3 Å². The number of hydrogen-bond donors (Lipinski definition) is 1. The van der Waals surface area contributed by atoms with E-state index in [9.17, 15) is 4.79 Å². The molecule has 0 aromatic carbocycles. The highest BCUT2D eigenvalue weighted by Crippen LogP contribution is 2.42. The summed E-state index contributed by atoms with van der Waals surface area (Å²) in [6.45, 7) is 2.87. The van der Waals surface area contributed by atoms with E-state index in [0.717, 1.165) is 13.0 Å². The van der Waals surface area contributed by atoms with Gasteiger partial charge < -0.3 is 10.1 Å². The van der Waals surface area contributed by atoms with Gasteiger partial charge >= 0.3 is 5.97 Å². The Balaban J connectivity index is 1.68. The number of hydrogen-bond acceptors (Lipinski definition) is 4. The van der Waals surface area contributed by atoms with E-state index in [2.05, 4.69) is 22.8 Å². The molecule has 2 heterocycles. The first kappa shape index (κ1) is 13.1. The molecule has 1 aromatic heterocycles. The molecule has 2 atom stereocenters. The van der Waals surface area contributed by atoms with Gasteiger partial charge in [-0.25, -0.2) is 0 Å². The first-order valence-corrected chi connectivity index (χ1v) is 8.05. The molecule has 1 saturated carbocycles. The summed E-state index contributed by atoms with van der Waals surface area (Å²) in [4.78, 5) is 13.2. The van der Waals surface area contributed by atoms with Crippen molar-refractivity contribution in [1.29, 1.82) is 0 Å². The third-order valence-electron chi connectivity index (χ3n) is 4.46. The van der Waals surface area contributed by atoms with E-state index in [4.69, 9.17) is 4.74 Å². The molecule has 0 spiro atoms. The molecular formula is C15H21NO2S. The van der Waals surface area contributed by atoms with Crippen LogP contribution < -0.4 is 5.32 Å². The number of carbonyl (C=O) groups excluding carboxylic acids is 1. The molecule has 1 aliphatic carbocycles. The number of cyclic esters (lactones) is 1. The number of ether oxygens (including phenoxy) is 1. The fourth-order valence-electron chi connectivity index (χ4n) is 3.38. The van der Waals surface area contributed by atoms with Gasteiger partial charge in [0.25, 0.3) is 0 Å².